The highest BCUT2D eigenvalue weighted by atomic mass is 16.3. The van der Waals surface area contributed by atoms with Crippen LogP contribution >= 0.6 is 0 Å². The van der Waals surface area contributed by atoms with Crippen molar-refractivity contribution in [2.45, 2.75) is 25.3 Å². The second kappa shape index (κ2) is 4.28. The third kappa shape index (κ3) is 2.25. The second-order valence-corrected chi connectivity index (χ2v) is 4.27. The normalized spacial score (nSPS) is 21.8. The fourth-order valence-corrected chi connectivity index (χ4v) is 1.86. The number of carbonyl (C=O) groups excluding carboxylic acids is 1. The standard InChI is InChI=1S/C10H18N2O2/c13-4-3-12(9-1-2-9)10(14)5-8-6-11-7-8/h8-9,11,13H,1-7H2. The molecule has 0 aromatic carbocycles. The van der Waals surface area contributed by atoms with E-state index < -0.39 is 0 Å². The Morgan fingerprint density at radius 3 is 2.57 bits per heavy atom. The molecule has 80 valence electrons. The summed E-state index contributed by atoms with van der Waals surface area (Å²) in [4.78, 5) is 13.7. The van der Waals surface area contributed by atoms with E-state index in [-0.39, 0.29) is 12.5 Å². The Balaban J connectivity index is 1.79. The summed E-state index contributed by atoms with van der Waals surface area (Å²) < 4.78 is 0. The van der Waals surface area contributed by atoms with Crippen LogP contribution in [0.1, 0.15) is 19.3 Å². The van der Waals surface area contributed by atoms with Gasteiger partial charge in [0.25, 0.3) is 0 Å². The summed E-state index contributed by atoms with van der Waals surface area (Å²) in [7, 11) is 0. The zero-order valence-electron chi connectivity index (χ0n) is 8.41. The predicted octanol–water partition coefficient (Wildman–Crippen LogP) is -0.421. The second-order valence-electron chi connectivity index (χ2n) is 4.27. The molecule has 1 saturated heterocycles. The van der Waals surface area contributed by atoms with Gasteiger partial charge >= 0.3 is 0 Å². The van der Waals surface area contributed by atoms with Gasteiger partial charge in [0.1, 0.15) is 0 Å². The molecule has 1 amide bonds. The summed E-state index contributed by atoms with van der Waals surface area (Å²) in [5.41, 5.74) is 0. The van der Waals surface area contributed by atoms with Crippen molar-refractivity contribution in [1.29, 1.82) is 0 Å². The smallest absolute Gasteiger partial charge is 0.223 e. The van der Waals surface area contributed by atoms with Crippen LogP contribution in [0.5, 0.6) is 0 Å². The maximum absolute atomic E-state index is 11.8. The number of aliphatic hydroxyl groups excluding tert-OH is 1. The van der Waals surface area contributed by atoms with Crippen LogP contribution < -0.4 is 5.32 Å². The van der Waals surface area contributed by atoms with Crippen LogP contribution in [0.2, 0.25) is 0 Å². The zero-order chi connectivity index (χ0) is 9.97. The highest BCUT2D eigenvalue weighted by Crippen LogP contribution is 2.27. The molecular formula is C10H18N2O2. The number of amides is 1. The number of nitrogens with one attached hydrogen (secondary N) is 1. The van der Waals surface area contributed by atoms with Crippen LogP contribution in [-0.2, 0) is 4.79 Å². The largest absolute Gasteiger partial charge is 0.395 e. The quantitative estimate of drug-likeness (QED) is 0.631. The molecular weight excluding hydrogens is 180 g/mol. The van der Waals surface area contributed by atoms with E-state index >= 15 is 0 Å². The van der Waals surface area contributed by atoms with Gasteiger partial charge in [-0.1, -0.05) is 0 Å². The van der Waals surface area contributed by atoms with E-state index in [1.807, 2.05) is 4.90 Å². The lowest BCUT2D eigenvalue weighted by Gasteiger charge is -2.29. The van der Waals surface area contributed by atoms with E-state index in [0.717, 1.165) is 25.9 Å². The number of hydrogen-bond donors (Lipinski definition) is 2. The van der Waals surface area contributed by atoms with Gasteiger partial charge in [0.15, 0.2) is 0 Å². The molecule has 4 nitrogen and oxygen atoms in total. The van der Waals surface area contributed by atoms with Crippen molar-refractivity contribution in [3.05, 3.63) is 0 Å². The van der Waals surface area contributed by atoms with Crippen LogP contribution in [0.25, 0.3) is 0 Å². The molecule has 2 aliphatic rings. The minimum atomic E-state index is 0.0884. The SMILES string of the molecule is O=C(CC1CNC1)N(CCO)C1CC1. The number of aliphatic hydroxyl groups is 1. The van der Waals surface area contributed by atoms with Crippen molar-refractivity contribution in [3.63, 3.8) is 0 Å². The Kier molecular flexibility index (Phi) is 3.03. The summed E-state index contributed by atoms with van der Waals surface area (Å²) in [6, 6.07) is 0.433. The minimum absolute atomic E-state index is 0.0884. The lowest BCUT2D eigenvalue weighted by atomic mass is 9.98. The molecule has 1 aliphatic carbocycles. The maximum Gasteiger partial charge on any atom is 0.223 e. The van der Waals surface area contributed by atoms with E-state index in [9.17, 15) is 4.79 Å². The minimum Gasteiger partial charge on any atom is -0.395 e. The first-order valence-electron chi connectivity index (χ1n) is 5.42. The fourth-order valence-electron chi connectivity index (χ4n) is 1.86. The molecule has 2 N–H and O–H groups in total. The van der Waals surface area contributed by atoms with E-state index in [1.165, 1.54) is 0 Å². The molecule has 0 spiro atoms. The third-order valence-corrected chi connectivity index (χ3v) is 2.98. The predicted molar refractivity (Wildman–Crippen MR) is 52.8 cm³/mol. The van der Waals surface area contributed by atoms with Gasteiger partial charge in [0.2, 0.25) is 5.91 Å². The van der Waals surface area contributed by atoms with Gasteiger partial charge in [-0.25, -0.2) is 0 Å². The van der Waals surface area contributed by atoms with Gasteiger partial charge in [0.05, 0.1) is 6.61 Å². The van der Waals surface area contributed by atoms with Crippen LogP contribution in [0.4, 0.5) is 0 Å². The number of rotatable bonds is 5. The zero-order valence-corrected chi connectivity index (χ0v) is 8.41. The maximum atomic E-state index is 11.8. The topological polar surface area (TPSA) is 52.6 Å². The van der Waals surface area contributed by atoms with Crippen molar-refractivity contribution < 1.29 is 9.90 Å². The molecule has 0 aromatic rings. The lowest BCUT2D eigenvalue weighted by Crippen LogP contribution is -2.46. The molecule has 0 aromatic heterocycles. The van der Waals surface area contributed by atoms with Crippen LogP contribution in [0, 0.1) is 5.92 Å². The van der Waals surface area contributed by atoms with Gasteiger partial charge in [-0.3, -0.25) is 4.79 Å². The molecule has 2 rings (SSSR count). The van der Waals surface area contributed by atoms with Crippen molar-refractivity contribution in [1.82, 2.24) is 10.2 Å². The Hall–Kier alpha value is -0.610. The van der Waals surface area contributed by atoms with Gasteiger partial charge in [-0.05, 0) is 31.8 Å². The summed E-state index contributed by atoms with van der Waals surface area (Å²) in [5.74, 6) is 0.760. The third-order valence-electron chi connectivity index (χ3n) is 2.98. The Bertz CT molecular complexity index is 212. The molecule has 0 unspecified atom stereocenters. The van der Waals surface area contributed by atoms with Gasteiger partial charge in [-0.2, -0.15) is 0 Å². The van der Waals surface area contributed by atoms with Gasteiger partial charge in [-0.15, -0.1) is 0 Å². The molecule has 1 heterocycles. The van der Waals surface area contributed by atoms with E-state index in [2.05, 4.69) is 5.32 Å². The molecule has 0 bridgehead atoms. The molecule has 14 heavy (non-hydrogen) atoms. The van der Waals surface area contributed by atoms with Crippen molar-refractivity contribution in [3.8, 4) is 0 Å². The molecule has 4 heteroatoms. The number of hydrogen-bond acceptors (Lipinski definition) is 3. The van der Waals surface area contributed by atoms with Gasteiger partial charge < -0.3 is 15.3 Å². The molecule has 1 aliphatic heterocycles. The van der Waals surface area contributed by atoms with Crippen molar-refractivity contribution in [2.24, 2.45) is 5.92 Å². The Morgan fingerprint density at radius 1 is 1.43 bits per heavy atom. The van der Waals surface area contributed by atoms with Crippen molar-refractivity contribution >= 4 is 5.91 Å². The fraction of sp³-hybridized carbons (Fsp3) is 0.900. The van der Waals surface area contributed by atoms with Gasteiger partial charge in [0, 0.05) is 19.0 Å². The highest BCUT2D eigenvalue weighted by Gasteiger charge is 2.33. The lowest BCUT2D eigenvalue weighted by molar-refractivity contribution is -0.133. The first-order chi connectivity index (χ1) is 6.81. The summed E-state index contributed by atoms with van der Waals surface area (Å²) in [6.07, 6.45) is 2.90. The van der Waals surface area contributed by atoms with Crippen molar-refractivity contribution in [2.75, 3.05) is 26.2 Å². The monoisotopic (exact) mass is 198 g/mol. The first-order valence-corrected chi connectivity index (χ1v) is 5.42. The summed E-state index contributed by atoms with van der Waals surface area (Å²) >= 11 is 0. The first kappa shape index (κ1) is 9.93. The number of carbonyl (C=O) groups is 1. The van der Waals surface area contributed by atoms with E-state index in [0.29, 0.717) is 24.9 Å². The van der Waals surface area contributed by atoms with Crippen LogP contribution in [0.15, 0.2) is 0 Å². The average molecular weight is 198 g/mol. The Morgan fingerprint density at radius 2 is 2.14 bits per heavy atom. The molecule has 0 radical (unpaired) electrons. The number of nitrogens with zero attached hydrogens (tertiary/aromatic N) is 1. The molecule has 2 fully saturated rings. The van der Waals surface area contributed by atoms with Crippen LogP contribution in [-0.4, -0.2) is 48.2 Å². The Labute approximate surface area is 84.3 Å². The summed E-state index contributed by atoms with van der Waals surface area (Å²) in [6.45, 7) is 2.56. The highest BCUT2D eigenvalue weighted by molar-refractivity contribution is 5.77. The average Bonchev–Trinajstić information content (AvgIpc) is 2.90. The summed E-state index contributed by atoms with van der Waals surface area (Å²) in [5, 5.41) is 12.0. The molecule has 0 atom stereocenters. The van der Waals surface area contributed by atoms with E-state index in [4.69, 9.17) is 5.11 Å². The van der Waals surface area contributed by atoms with E-state index in [1.54, 1.807) is 0 Å². The van der Waals surface area contributed by atoms with Crippen LogP contribution in [0.3, 0.4) is 0 Å². The molecule has 1 saturated carbocycles.